The number of aromatic nitrogens is 3. The molecule has 0 aromatic carbocycles. The first kappa shape index (κ1) is 17.3. The molecule has 1 fully saturated rings. The molecule has 134 valence electrons. The maximum Gasteiger partial charge on any atom is 0.332 e. The average molecular weight is 345 g/mol. The van der Waals surface area contributed by atoms with Crippen molar-refractivity contribution in [3.63, 3.8) is 0 Å². The van der Waals surface area contributed by atoms with Gasteiger partial charge in [-0.05, 0) is 32.4 Å². The summed E-state index contributed by atoms with van der Waals surface area (Å²) in [6, 6.07) is 2.03. The molecule has 1 N–H and O–H groups in total. The number of carbonyl (C=O) groups is 1. The number of aryl methyl sites for hydroxylation is 2. The molecule has 0 spiro atoms. The largest absolute Gasteiger partial charge is 0.334 e. The number of hydrogen-bond donors (Lipinski definition) is 1. The summed E-state index contributed by atoms with van der Waals surface area (Å²) in [5.41, 5.74) is 0.285. The fraction of sp³-hybridized carbons (Fsp3) is 0.529. The van der Waals surface area contributed by atoms with Gasteiger partial charge in [-0.25, -0.2) is 9.78 Å². The van der Waals surface area contributed by atoms with Crippen LogP contribution in [0, 0.1) is 6.92 Å². The summed E-state index contributed by atoms with van der Waals surface area (Å²) in [5.74, 6) is -0.182. The van der Waals surface area contributed by atoms with E-state index in [9.17, 15) is 14.4 Å². The van der Waals surface area contributed by atoms with Gasteiger partial charge in [-0.15, -0.1) is 0 Å². The van der Waals surface area contributed by atoms with E-state index < -0.39 is 11.2 Å². The fourth-order valence-corrected chi connectivity index (χ4v) is 3.50. The summed E-state index contributed by atoms with van der Waals surface area (Å²) in [7, 11) is 2.99. The Labute approximate surface area is 145 Å². The summed E-state index contributed by atoms with van der Waals surface area (Å²) in [6.07, 6.45) is 0. The van der Waals surface area contributed by atoms with Crippen LogP contribution in [0.5, 0.6) is 0 Å². The van der Waals surface area contributed by atoms with Gasteiger partial charge in [0.05, 0.1) is 5.39 Å². The first-order valence-electron chi connectivity index (χ1n) is 8.33. The SMILES string of the molecule is Cc1cc(C(=O)N2CC(C)NC(C)C2)nc2c1c(=O)n(C)c(=O)n2C. The van der Waals surface area contributed by atoms with Crippen molar-refractivity contribution in [1.29, 1.82) is 0 Å². The monoisotopic (exact) mass is 345 g/mol. The molecule has 0 saturated carbocycles. The van der Waals surface area contributed by atoms with Crippen molar-refractivity contribution in [1.82, 2.24) is 24.3 Å². The Morgan fingerprint density at radius 2 is 1.76 bits per heavy atom. The van der Waals surface area contributed by atoms with Crippen molar-refractivity contribution >= 4 is 16.9 Å². The average Bonchev–Trinajstić information content (AvgIpc) is 2.55. The minimum Gasteiger partial charge on any atom is -0.334 e. The molecule has 8 nitrogen and oxygen atoms in total. The summed E-state index contributed by atoms with van der Waals surface area (Å²) in [6.45, 7) is 7.01. The molecule has 1 aliphatic heterocycles. The van der Waals surface area contributed by atoms with Gasteiger partial charge in [0.1, 0.15) is 11.3 Å². The molecule has 0 aliphatic carbocycles. The summed E-state index contributed by atoms with van der Waals surface area (Å²) in [4.78, 5) is 43.6. The number of rotatable bonds is 1. The van der Waals surface area contributed by atoms with E-state index in [-0.39, 0.29) is 29.3 Å². The second-order valence-electron chi connectivity index (χ2n) is 6.91. The zero-order chi connectivity index (χ0) is 18.5. The molecule has 8 heteroatoms. The third-order valence-corrected chi connectivity index (χ3v) is 4.67. The van der Waals surface area contributed by atoms with Gasteiger partial charge in [0, 0.05) is 39.3 Å². The van der Waals surface area contributed by atoms with Crippen molar-refractivity contribution < 1.29 is 4.79 Å². The van der Waals surface area contributed by atoms with E-state index in [2.05, 4.69) is 10.3 Å². The third kappa shape index (κ3) is 2.86. The van der Waals surface area contributed by atoms with Crippen LogP contribution in [0.15, 0.2) is 15.7 Å². The van der Waals surface area contributed by atoms with Gasteiger partial charge in [0.2, 0.25) is 0 Å². The summed E-state index contributed by atoms with van der Waals surface area (Å²) >= 11 is 0. The van der Waals surface area contributed by atoms with Gasteiger partial charge in [-0.3, -0.25) is 18.7 Å². The lowest BCUT2D eigenvalue weighted by molar-refractivity contribution is 0.0668. The van der Waals surface area contributed by atoms with Crippen LogP contribution in [0.25, 0.3) is 11.0 Å². The molecular weight excluding hydrogens is 322 g/mol. The van der Waals surface area contributed by atoms with E-state index in [0.717, 1.165) is 4.57 Å². The van der Waals surface area contributed by atoms with Gasteiger partial charge in [-0.2, -0.15) is 0 Å². The lowest BCUT2D eigenvalue weighted by Crippen LogP contribution is -2.56. The molecule has 2 atom stereocenters. The van der Waals surface area contributed by atoms with E-state index in [4.69, 9.17) is 0 Å². The van der Waals surface area contributed by atoms with Crippen molar-refractivity contribution in [2.45, 2.75) is 32.9 Å². The van der Waals surface area contributed by atoms with Crippen LogP contribution in [-0.4, -0.2) is 50.1 Å². The number of nitrogens with zero attached hydrogens (tertiary/aromatic N) is 4. The molecule has 2 unspecified atom stereocenters. The Kier molecular flexibility index (Phi) is 4.24. The zero-order valence-electron chi connectivity index (χ0n) is 15.2. The first-order chi connectivity index (χ1) is 11.7. The molecule has 2 aromatic heterocycles. The van der Waals surface area contributed by atoms with Gasteiger partial charge < -0.3 is 10.2 Å². The summed E-state index contributed by atoms with van der Waals surface area (Å²) in [5, 5.41) is 3.75. The minimum atomic E-state index is -0.460. The molecular formula is C17H23N5O3. The number of pyridine rings is 1. The van der Waals surface area contributed by atoms with Crippen LogP contribution in [0.1, 0.15) is 29.9 Å². The predicted molar refractivity (Wildman–Crippen MR) is 94.9 cm³/mol. The van der Waals surface area contributed by atoms with E-state index in [1.54, 1.807) is 24.9 Å². The molecule has 1 amide bonds. The highest BCUT2D eigenvalue weighted by atomic mass is 16.2. The standard InChI is InChI=1S/C17H23N5O3/c1-9-6-12(15(23)22-7-10(2)18-11(3)8-22)19-14-13(9)16(24)21(5)17(25)20(14)4/h6,10-11,18H,7-8H2,1-5H3. The van der Waals surface area contributed by atoms with E-state index in [0.29, 0.717) is 24.0 Å². The molecule has 3 heterocycles. The molecule has 0 bridgehead atoms. The molecule has 1 saturated heterocycles. The predicted octanol–water partition coefficient (Wildman–Crippen LogP) is -0.237. The van der Waals surface area contributed by atoms with Crippen LogP contribution < -0.4 is 16.6 Å². The third-order valence-electron chi connectivity index (χ3n) is 4.67. The molecule has 0 radical (unpaired) electrons. The van der Waals surface area contributed by atoms with Crippen LogP contribution in [0.4, 0.5) is 0 Å². The quantitative estimate of drug-likeness (QED) is 0.771. The number of carbonyl (C=O) groups excluding carboxylic acids is 1. The normalized spacial score (nSPS) is 20.9. The first-order valence-corrected chi connectivity index (χ1v) is 8.33. The fourth-order valence-electron chi connectivity index (χ4n) is 3.50. The summed E-state index contributed by atoms with van der Waals surface area (Å²) < 4.78 is 2.36. The Bertz CT molecular complexity index is 965. The van der Waals surface area contributed by atoms with Gasteiger partial charge in [-0.1, -0.05) is 0 Å². The maximum absolute atomic E-state index is 12.9. The van der Waals surface area contributed by atoms with Crippen molar-refractivity contribution in [3.05, 3.63) is 38.2 Å². The lowest BCUT2D eigenvalue weighted by atomic mass is 10.1. The smallest absolute Gasteiger partial charge is 0.332 e. The van der Waals surface area contributed by atoms with E-state index in [1.807, 2.05) is 13.8 Å². The van der Waals surface area contributed by atoms with Crippen LogP contribution in [0.3, 0.4) is 0 Å². The maximum atomic E-state index is 12.9. The Morgan fingerprint density at radius 3 is 2.36 bits per heavy atom. The van der Waals surface area contributed by atoms with Crippen molar-refractivity contribution in [2.75, 3.05) is 13.1 Å². The molecule has 3 rings (SSSR count). The van der Waals surface area contributed by atoms with E-state index >= 15 is 0 Å². The topological polar surface area (TPSA) is 89.2 Å². The highest BCUT2D eigenvalue weighted by molar-refractivity contribution is 5.95. The minimum absolute atomic E-state index is 0.182. The Balaban J connectivity index is 2.14. The highest BCUT2D eigenvalue weighted by Gasteiger charge is 2.27. The van der Waals surface area contributed by atoms with Crippen LogP contribution in [0.2, 0.25) is 0 Å². The van der Waals surface area contributed by atoms with Crippen LogP contribution in [-0.2, 0) is 14.1 Å². The number of hydrogen-bond acceptors (Lipinski definition) is 5. The number of nitrogens with one attached hydrogen (secondary N) is 1. The molecule has 1 aliphatic rings. The van der Waals surface area contributed by atoms with Gasteiger partial charge in [0.15, 0.2) is 0 Å². The van der Waals surface area contributed by atoms with Crippen LogP contribution >= 0.6 is 0 Å². The van der Waals surface area contributed by atoms with E-state index in [1.165, 1.54) is 11.6 Å². The highest BCUT2D eigenvalue weighted by Crippen LogP contribution is 2.15. The number of piperazine rings is 1. The second kappa shape index (κ2) is 6.11. The Hall–Kier alpha value is -2.48. The number of fused-ring (bicyclic) bond motifs is 1. The second-order valence-corrected chi connectivity index (χ2v) is 6.91. The van der Waals surface area contributed by atoms with Gasteiger partial charge in [0.25, 0.3) is 11.5 Å². The molecule has 25 heavy (non-hydrogen) atoms. The lowest BCUT2D eigenvalue weighted by Gasteiger charge is -2.36. The zero-order valence-corrected chi connectivity index (χ0v) is 15.2. The Morgan fingerprint density at radius 1 is 1.16 bits per heavy atom. The molecule has 2 aromatic rings. The van der Waals surface area contributed by atoms with Crippen molar-refractivity contribution in [2.24, 2.45) is 14.1 Å². The number of amides is 1. The van der Waals surface area contributed by atoms with Crippen molar-refractivity contribution in [3.8, 4) is 0 Å². The van der Waals surface area contributed by atoms with Gasteiger partial charge >= 0.3 is 5.69 Å².